The molecule has 1 aromatic carbocycles. The fraction of sp³-hybridized carbons (Fsp3) is 0.267. The predicted octanol–water partition coefficient (Wildman–Crippen LogP) is 2.54. The minimum Gasteiger partial charge on any atom is -0.355 e. The number of halogens is 1. The molecule has 0 aliphatic carbocycles. The minimum atomic E-state index is -0.301. The van der Waals surface area contributed by atoms with E-state index >= 15 is 0 Å². The van der Waals surface area contributed by atoms with Gasteiger partial charge in [0.2, 0.25) is 5.95 Å². The number of nitrogens with one attached hydrogen (secondary N) is 2. The molecule has 1 atom stereocenters. The third-order valence-electron chi connectivity index (χ3n) is 2.97. The lowest BCUT2D eigenvalue weighted by molar-refractivity contribution is 0.0939. The minimum absolute atomic E-state index is 0.230. The van der Waals surface area contributed by atoms with Gasteiger partial charge in [0.1, 0.15) is 5.82 Å². The molecule has 1 heterocycles. The molecule has 0 fully saturated rings. The molecule has 0 aliphatic heterocycles. The maximum absolute atomic E-state index is 12.9. The molecule has 21 heavy (non-hydrogen) atoms. The first-order chi connectivity index (χ1) is 10.1. The largest absolute Gasteiger partial charge is 0.355 e. The summed E-state index contributed by atoms with van der Waals surface area (Å²) in [6, 6.07) is 5.79. The molecule has 5 nitrogen and oxygen atoms in total. The summed E-state index contributed by atoms with van der Waals surface area (Å²) in [5.41, 5.74) is 1.21. The van der Waals surface area contributed by atoms with Crippen molar-refractivity contribution in [1.82, 2.24) is 15.3 Å². The van der Waals surface area contributed by atoms with Crippen molar-refractivity contribution in [3.05, 3.63) is 53.6 Å². The number of anilines is 1. The van der Waals surface area contributed by atoms with Crippen LogP contribution in [0.3, 0.4) is 0 Å². The van der Waals surface area contributed by atoms with Crippen molar-refractivity contribution in [3.8, 4) is 0 Å². The highest BCUT2D eigenvalue weighted by Crippen LogP contribution is 2.13. The third-order valence-corrected chi connectivity index (χ3v) is 2.97. The molecule has 6 heteroatoms. The molecule has 1 amide bonds. The Labute approximate surface area is 122 Å². The van der Waals surface area contributed by atoms with Gasteiger partial charge in [0.15, 0.2) is 0 Å². The summed E-state index contributed by atoms with van der Waals surface area (Å²) in [5, 5.41) is 5.78. The van der Waals surface area contributed by atoms with Gasteiger partial charge in [-0.3, -0.25) is 4.79 Å². The van der Waals surface area contributed by atoms with Crippen molar-refractivity contribution in [3.63, 3.8) is 0 Å². The number of amides is 1. The van der Waals surface area contributed by atoms with Crippen LogP contribution in [-0.2, 0) is 0 Å². The highest BCUT2D eigenvalue weighted by Gasteiger charge is 2.12. The number of carbonyl (C=O) groups is 1. The lowest BCUT2D eigenvalue weighted by Gasteiger charge is -2.14. The van der Waals surface area contributed by atoms with E-state index in [-0.39, 0.29) is 17.8 Å². The van der Waals surface area contributed by atoms with E-state index in [0.29, 0.717) is 18.1 Å². The van der Waals surface area contributed by atoms with Crippen molar-refractivity contribution < 1.29 is 9.18 Å². The second-order valence-electron chi connectivity index (χ2n) is 4.57. The number of aromatic nitrogens is 2. The van der Waals surface area contributed by atoms with Crippen molar-refractivity contribution in [2.45, 2.75) is 19.9 Å². The molecule has 0 saturated heterocycles. The van der Waals surface area contributed by atoms with E-state index in [2.05, 4.69) is 20.6 Å². The first-order valence-electron chi connectivity index (χ1n) is 6.72. The van der Waals surface area contributed by atoms with Crippen LogP contribution in [0, 0.1) is 5.82 Å². The van der Waals surface area contributed by atoms with Crippen LogP contribution in [0.25, 0.3) is 0 Å². The molecule has 2 aromatic rings. The fourth-order valence-electron chi connectivity index (χ4n) is 1.81. The molecule has 0 bridgehead atoms. The number of benzene rings is 1. The van der Waals surface area contributed by atoms with Gasteiger partial charge in [-0.15, -0.1) is 0 Å². The van der Waals surface area contributed by atoms with Gasteiger partial charge in [-0.1, -0.05) is 12.1 Å². The number of rotatable bonds is 5. The summed E-state index contributed by atoms with van der Waals surface area (Å²) >= 11 is 0. The zero-order valence-corrected chi connectivity index (χ0v) is 11.9. The van der Waals surface area contributed by atoms with Crippen LogP contribution in [0.4, 0.5) is 10.3 Å². The van der Waals surface area contributed by atoms with E-state index in [1.807, 2.05) is 13.8 Å². The molecule has 110 valence electrons. The van der Waals surface area contributed by atoms with Gasteiger partial charge in [-0.05, 0) is 31.5 Å². The first kappa shape index (κ1) is 14.9. The maximum atomic E-state index is 12.9. The smallest absolute Gasteiger partial charge is 0.254 e. The average Bonchev–Trinajstić information content (AvgIpc) is 2.49. The van der Waals surface area contributed by atoms with E-state index in [0.717, 1.165) is 5.56 Å². The van der Waals surface area contributed by atoms with Gasteiger partial charge in [-0.2, -0.15) is 0 Å². The molecular formula is C15H17FN4O. The van der Waals surface area contributed by atoms with E-state index in [1.54, 1.807) is 12.1 Å². The van der Waals surface area contributed by atoms with Crippen LogP contribution in [0.15, 0.2) is 36.7 Å². The van der Waals surface area contributed by atoms with Gasteiger partial charge in [0.05, 0.1) is 11.6 Å². The Kier molecular flexibility index (Phi) is 4.81. The van der Waals surface area contributed by atoms with Gasteiger partial charge >= 0.3 is 0 Å². The molecule has 0 aliphatic rings. The topological polar surface area (TPSA) is 66.9 Å². The van der Waals surface area contributed by atoms with Crippen LogP contribution in [-0.4, -0.2) is 22.4 Å². The molecule has 1 aromatic heterocycles. The average molecular weight is 288 g/mol. The Bertz CT molecular complexity index is 598. The standard InChI is InChI=1S/C15H17FN4O/c1-3-17-15-18-8-12(9-19-15)14(21)20-10(2)11-4-6-13(16)7-5-11/h4-10H,3H2,1-2H3,(H,20,21)(H,17,18,19)/t10-/m1/s1. The van der Waals surface area contributed by atoms with E-state index in [4.69, 9.17) is 0 Å². The summed E-state index contributed by atoms with van der Waals surface area (Å²) < 4.78 is 12.9. The molecule has 0 spiro atoms. The van der Waals surface area contributed by atoms with Gasteiger partial charge in [0.25, 0.3) is 5.91 Å². The van der Waals surface area contributed by atoms with Crippen molar-refractivity contribution in [1.29, 1.82) is 0 Å². The Balaban J connectivity index is 2.01. The highest BCUT2D eigenvalue weighted by molar-refractivity contribution is 5.93. The van der Waals surface area contributed by atoms with E-state index in [9.17, 15) is 9.18 Å². The molecule has 0 radical (unpaired) electrons. The quantitative estimate of drug-likeness (QED) is 0.887. The molecule has 0 unspecified atom stereocenters. The lowest BCUT2D eigenvalue weighted by atomic mass is 10.1. The summed E-state index contributed by atoms with van der Waals surface area (Å²) in [7, 11) is 0. The Morgan fingerprint density at radius 3 is 2.43 bits per heavy atom. The first-order valence-corrected chi connectivity index (χ1v) is 6.72. The van der Waals surface area contributed by atoms with Crippen molar-refractivity contribution in [2.24, 2.45) is 0 Å². The second-order valence-corrected chi connectivity index (χ2v) is 4.57. The van der Waals surface area contributed by atoms with Crippen LogP contribution in [0.1, 0.15) is 35.8 Å². The van der Waals surface area contributed by atoms with Gasteiger partial charge in [-0.25, -0.2) is 14.4 Å². The summed E-state index contributed by atoms with van der Waals surface area (Å²) in [5.74, 6) is -0.0832. The molecule has 2 rings (SSSR count). The van der Waals surface area contributed by atoms with Crippen LogP contribution >= 0.6 is 0 Å². The summed E-state index contributed by atoms with van der Waals surface area (Å²) in [4.78, 5) is 20.2. The summed E-state index contributed by atoms with van der Waals surface area (Å²) in [6.45, 7) is 4.49. The number of hydrogen-bond acceptors (Lipinski definition) is 4. The molecule has 0 saturated carbocycles. The number of nitrogens with zero attached hydrogens (tertiary/aromatic N) is 2. The van der Waals surface area contributed by atoms with Crippen LogP contribution in [0.5, 0.6) is 0 Å². The second kappa shape index (κ2) is 6.78. The van der Waals surface area contributed by atoms with Crippen LogP contribution < -0.4 is 10.6 Å². The van der Waals surface area contributed by atoms with Crippen molar-refractivity contribution in [2.75, 3.05) is 11.9 Å². The van der Waals surface area contributed by atoms with Crippen molar-refractivity contribution >= 4 is 11.9 Å². The fourth-order valence-corrected chi connectivity index (χ4v) is 1.81. The SMILES string of the molecule is CCNc1ncc(C(=O)N[C@H](C)c2ccc(F)cc2)cn1. The zero-order valence-electron chi connectivity index (χ0n) is 11.9. The lowest BCUT2D eigenvalue weighted by Crippen LogP contribution is -2.27. The van der Waals surface area contributed by atoms with Crippen LogP contribution in [0.2, 0.25) is 0 Å². The van der Waals surface area contributed by atoms with Gasteiger partial charge in [0, 0.05) is 18.9 Å². The maximum Gasteiger partial charge on any atom is 0.254 e. The predicted molar refractivity (Wildman–Crippen MR) is 78.5 cm³/mol. The highest BCUT2D eigenvalue weighted by atomic mass is 19.1. The summed E-state index contributed by atoms with van der Waals surface area (Å²) in [6.07, 6.45) is 2.94. The monoisotopic (exact) mass is 288 g/mol. The Hall–Kier alpha value is -2.50. The van der Waals surface area contributed by atoms with E-state index in [1.165, 1.54) is 24.5 Å². The normalized spacial score (nSPS) is 11.8. The number of hydrogen-bond donors (Lipinski definition) is 2. The Morgan fingerprint density at radius 2 is 1.86 bits per heavy atom. The van der Waals surface area contributed by atoms with E-state index < -0.39 is 0 Å². The third kappa shape index (κ3) is 3.98. The Morgan fingerprint density at radius 1 is 1.24 bits per heavy atom. The molecular weight excluding hydrogens is 271 g/mol. The van der Waals surface area contributed by atoms with Gasteiger partial charge < -0.3 is 10.6 Å². The zero-order chi connectivity index (χ0) is 15.2. The number of carbonyl (C=O) groups excluding carboxylic acids is 1. The molecule has 2 N–H and O–H groups in total.